The number of aliphatic hydroxyl groups excluding tert-OH is 3. The van der Waals surface area contributed by atoms with Crippen LogP contribution in [0.25, 0.3) is 0 Å². The van der Waals surface area contributed by atoms with E-state index in [-0.39, 0.29) is 5.91 Å². The number of hydroxylamine groups is 2. The van der Waals surface area contributed by atoms with Crippen LogP contribution in [-0.2, 0) is 14.4 Å². The monoisotopic (exact) mass is 288 g/mol. The van der Waals surface area contributed by atoms with Crippen molar-refractivity contribution in [3.8, 4) is 0 Å². The molecule has 0 aromatic heterocycles. The molecule has 5 atom stereocenters. The molecule has 2 heterocycles. The molecular formula is C12H20N2O6. The molecule has 0 saturated carbocycles. The zero-order valence-electron chi connectivity index (χ0n) is 11.4. The second-order valence-electron chi connectivity index (χ2n) is 4.96. The van der Waals surface area contributed by atoms with Gasteiger partial charge in [-0.25, -0.2) is 0 Å². The second kappa shape index (κ2) is 6.06. The molecule has 8 nitrogen and oxygen atoms in total. The van der Waals surface area contributed by atoms with E-state index in [2.05, 4.69) is 5.32 Å². The van der Waals surface area contributed by atoms with Gasteiger partial charge in [0.1, 0.15) is 30.1 Å². The summed E-state index contributed by atoms with van der Waals surface area (Å²) in [6.45, 7) is 3.06. The van der Waals surface area contributed by atoms with Gasteiger partial charge in [0.05, 0.1) is 13.2 Å². The minimum atomic E-state index is -1.29. The van der Waals surface area contributed by atoms with Crippen LogP contribution in [0.5, 0.6) is 0 Å². The first-order valence-electron chi connectivity index (χ1n) is 6.45. The Morgan fingerprint density at radius 3 is 2.70 bits per heavy atom. The van der Waals surface area contributed by atoms with Gasteiger partial charge < -0.3 is 30.2 Å². The van der Waals surface area contributed by atoms with Crippen molar-refractivity contribution in [2.75, 3.05) is 13.2 Å². The number of nitrogens with one attached hydrogen (secondary N) is 1. The summed E-state index contributed by atoms with van der Waals surface area (Å²) in [4.78, 5) is 16.7. The number of allylic oxidation sites excluding steroid dienone is 1. The maximum Gasteiger partial charge on any atom is 0.217 e. The molecule has 2 aliphatic heterocycles. The number of nitrogens with zero attached hydrogens (tertiary/aromatic N) is 1. The molecule has 1 amide bonds. The smallest absolute Gasteiger partial charge is 0.217 e. The molecule has 0 radical (unpaired) electrons. The predicted molar refractivity (Wildman–Crippen MR) is 66.9 cm³/mol. The lowest BCUT2D eigenvalue weighted by Gasteiger charge is -2.44. The largest absolute Gasteiger partial charge is 0.408 e. The minimum absolute atomic E-state index is 0.360. The molecule has 0 unspecified atom stereocenters. The standard InChI is InChI=1S/C12H20N2O6/c1-6-3-4-14(20-6)12-9(13-7(2)16)11(18)10(17)8(5-15)19-12/h3,8-12,15,17-18H,4-5H2,1-2H3,(H,13,16)/t8-,9-,10-,11-,12-/m1/s1. The van der Waals surface area contributed by atoms with Gasteiger partial charge in [0.2, 0.25) is 5.91 Å². The topological polar surface area (TPSA) is 111 Å². The highest BCUT2D eigenvalue weighted by atomic mass is 16.7. The van der Waals surface area contributed by atoms with Gasteiger partial charge in [-0.1, -0.05) is 0 Å². The first kappa shape index (κ1) is 15.2. The quantitative estimate of drug-likeness (QED) is 0.479. The molecule has 1 saturated heterocycles. The molecule has 0 aromatic rings. The highest BCUT2D eigenvalue weighted by Crippen LogP contribution is 2.26. The Bertz CT molecular complexity index is 401. The van der Waals surface area contributed by atoms with Crippen molar-refractivity contribution in [1.29, 1.82) is 0 Å². The lowest BCUT2D eigenvalue weighted by atomic mass is 9.96. The lowest BCUT2D eigenvalue weighted by Crippen LogP contribution is -2.67. The molecule has 4 N–H and O–H groups in total. The van der Waals surface area contributed by atoms with E-state index in [1.807, 2.05) is 6.08 Å². The number of ether oxygens (including phenoxy) is 1. The minimum Gasteiger partial charge on any atom is -0.408 e. The summed E-state index contributed by atoms with van der Waals surface area (Å²) in [5, 5.41) is 33.2. The van der Waals surface area contributed by atoms with Crippen molar-refractivity contribution in [2.45, 2.75) is 44.4 Å². The van der Waals surface area contributed by atoms with Crippen molar-refractivity contribution in [3.05, 3.63) is 11.8 Å². The van der Waals surface area contributed by atoms with Crippen LogP contribution in [0.3, 0.4) is 0 Å². The Balaban J connectivity index is 2.17. The molecule has 114 valence electrons. The summed E-state index contributed by atoms with van der Waals surface area (Å²) in [6.07, 6.45) is -2.48. The Hall–Kier alpha value is -1.19. The van der Waals surface area contributed by atoms with E-state index in [4.69, 9.17) is 9.57 Å². The van der Waals surface area contributed by atoms with Crippen LogP contribution in [0.15, 0.2) is 11.8 Å². The molecule has 2 rings (SSSR count). The number of hydrogen-bond donors (Lipinski definition) is 4. The summed E-state index contributed by atoms with van der Waals surface area (Å²) < 4.78 is 5.56. The summed E-state index contributed by atoms with van der Waals surface area (Å²) in [5.41, 5.74) is 0. The van der Waals surface area contributed by atoms with Crippen molar-refractivity contribution >= 4 is 5.91 Å². The van der Waals surface area contributed by atoms with Gasteiger partial charge in [-0.3, -0.25) is 4.79 Å². The maximum atomic E-state index is 11.3. The molecule has 0 aromatic carbocycles. The zero-order valence-corrected chi connectivity index (χ0v) is 11.4. The third kappa shape index (κ3) is 2.94. The summed E-state index contributed by atoms with van der Waals surface area (Å²) in [7, 11) is 0. The van der Waals surface area contributed by atoms with Gasteiger partial charge in [0.15, 0.2) is 6.23 Å². The maximum absolute atomic E-state index is 11.3. The van der Waals surface area contributed by atoms with Gasteiger partial charge in [-0.05, 0) is 13.0 Å². The molecule has 20 heavy (non-hydrogen) atoms. The summed E-state index contributed by atoms with van der Waals surface area (Å²) >= 11 is 0. The van der Waals surface area contributed by atoms with E-state index in [9.17, 15) is 20.1 Å². The van der Waals surface area contributed by atoms with E-state index in [0.29, 0.717) is 12.3 Å². The third-order valence-electron chi connectivity index (χ3n) is 3.37. The van der Waals surface area contributed by atoms with E-state index in [1.54, 1.807) is 6.92 Å². The highest BCUT2D eigenvalue weighted by Gasteiger charge is 2.48. The Labute approximate surface area is 116 Å². The second-order valence-corrected chi connectivity index (χ2v) is 4.96. The third-order valence-corrected chi connectivity index (χ3v) is 3.37. The zero-order chi connectivity index (χ0) is 14.9. The molecule has 1 fully saturated rings. The predicted octanol–water partition coefficient (Wildman–Crippen LogP) is -1.92. The van der Waals surface area contributed by atoms with E-state index < -0.39 is 37.2 Å². The van der Waals surface area contributed by atoms with Crippen LogP contribution in [0.4, 0.5) is 0 Å². The Morgan fingerprint density at radius 1 is 1.50 bits per heavy atom. The van der Waals surface area contributed by atoms with Gasteiger partial charge in [0.25, 0.3) is 0 Å². The SMILES string of the molecule is CC(=O)N[C@@H]1[C@@H](O)[C@H](O)[C@@H](CO)O[C@H]1N1CC=C(C)O1. The lowest BCUT2D eigenvalue weighted by molar-refractivity contribution is -0.290. The average molecular weight is 288 g/mol. The van der Waals surface area contributed by atoms with Crippen molar-refractivity contribution < 1.29 is 29.7 Å². The van der Waals surface area contributed by atoms with E-state index in [0.717, 1.165) is 0 Å². The first-order chi connectivity index (χ1) is 9.43. The van der Waals surface area contributed by atoms with Crippen LogP contribution in [0.1, 0.15) is 13.8 Å². The molecule has 8 heteroatoms. The number of hydrogen-bond acceptors (Lipinski definition) is 7. The molecular weight excluding hydrogens is 268 g/mol. The number of carbonyl (C=O) groups is 1. The molecule has 2 aliphatic rings. The van der Waals surface area contributed by atoms with Crippen LogP contribution in [0.2, 0.25) is 0 Å². The summed E-state index contributed by atoms with van der Waals surface area (Å²) in [5.74, 6) is 0.317. The fraction of sp³-hybridized carbons (Fsp3) is 0.750. The van der Waals surface area contributed by atoms with Gasteiger partial charge in [-0.15, -0.1) is 5.06 Å². The number of aliphatic hydroxyl groups is 3. The van der Waals surface area contributed by atoms with Crippen molar-refractivity contribution in [2.24, 2.45) is 0 Å². The highest BCUT2D eigenvalue weighted by molar-refractivity contribution is 5.73. The van der Waals surface area contributed by atoms with E-state index in [1.165, 1.54) is 12.0 Å². The number of amides is 1. The van der Waals surface area contributed by atoms with Gasteiger partial charge >= 0.3 is 0 Å². The number of carbonyl (C=O) groups excluding carboxylic acids is 1. The number of rotatable bonds is 3. The Kier molecular flexibility index (Phi) is 4.61. The first-order valence-corrected chi connectivity index (χ1v) is 6.45. The fourth-order valence-corrected chi connectivity index (χ4v) is 2.37. The van der Waals surface area contributed by atoms with E-state index >= 15 is 0 Å². The van der Waals surface area contributed by atoms with Gasteiger partial charge in [0, 0.05) is 6.92 Å². The van der Waals surface area contributed by atoms with Crippen LogP contribution < -0.4 is 5.32 Å². The average Bonchev–Trinajstić information content (AvgIpc) is 2.81. The van der Waals surface area contributed by atoms with Crippen LogP contribution in [0, 0.1) is 0 Å². The Morgan fingerprint density at radius 2 is 2.20 bits per heavy atom. The van der Waals surface area contributed by atoms with Gasteiger partial charge in [-0.2, -0.15) is 0 Å². The van der Waals surface area contributed by atoms with Crippen LogP contribution >= 0.6 is 0 Å². The van der Waals surface area contributed by atoms with Crippen molar-refractivity contribution in [3.63, 3.8) is 0 Å². The fourth-order valence-electron chi connectivity index (χ4n) is 2.37. The van der Waals surface area contributed by atoms with Crippen LogP contribution in [-0.4, -0.2) is 70.0 Å². The molecule has 0 bridgehead atoms. The normalized spacial score (nSPS) is 38.2. The summed E-state index contributed by atoms with van der Waals surface area (Å²) in [6, 6.07) is -0.857. The molecule has 0 spiro atoms. The molecule has 0 aliphatic carbocycles. The van der Waals surface area contributed by atoms with Crippen molar-refractivity contribution in [1.82, 2.24) is 10.4 Å².